The van der Waals surface area contributed by atoms with Crippen LogP contribution in [0.2, 0.25) is 0 Å². The van der Waals surface area contributed by atoms with Crippen molar-refractivity contribution in [2.24, 2.45) is 0 Å². The van der Waals surface area contributed by atoms with E-state index in [9.17, 15) is 9.59 Å². The van der Waals surface area contributed by atoms with Gasteiger partial charge in [-0.25, -0.2) is 0 Å². The summed E-state index contributed by atoms with van der Waals surface area (Å²) in [6.07, 6.45) is 0. The van der Waals surface area contributed by atoms with Gasteiger partial charge < -0.3 is 4.74 Å². The van der Waals surface area contributed by atoms with Gasteiger partial charge in [0.25, 0.3) is 11.8 Å². The van der Waals surface area contributed by atoms with Gasteiger partial charge in [-0.05, 0) is 75.9 Å². The second kappa shape index (κ2) is 10.4. The van der Waals surface area contributed by atoms with Crippen LogP contribution in [0.1, 0.15) is 42.3 Å². The zero-order chi connectivity index (χ0) is 22.5. The smallest absolute Gasteiger partial charge is 0.269 e. The van der Waals surface area contributed by atoms with Crippen LogP contribution < -0.4 is 20.9 Å². The number of hydrazine groups is 1. The number of nitrogens with one attached hydrogen (secondary N) is 3. The molecule has 2 aromatic carbocycles. The third kappa shape index (κ3) is 7.07. The van der Waals surface area contributed by atoms with Crippen molar-refractivity contribution in [3.8, 4) is 5.75 Å². The summed E-state index contributed by atoms with van der Waals surface area (Å²) in [7, 11) is 0. The van der Waals surface area contributed by atoms with Gasteiger partial charge in [-0.3, -0.25) is 25.8 Å². The van der Waals surface area contributed by atoms with E-state index < -0.39 is 5.91 Å². The lowest BCUT2D eigenvalue weighted by Crippen LogP contribution is -2.49. The average molecular weight is 557 g/mol. The molecule has 0 aromatic heterocycles. The Morgan fingerprint density at radius 3 is 2.27 bits per heavy atom. The van der Waals surface area contributed by atoms with Crippen molar-refractivity contribution in [2.45, 2.75) is 33.1 Å². The lowest BCUT2D eigenvalue weighted by Gasteiger charge is -2.19. The zero-order valence-corrected chi connectivity index (χ0v) is 21.0. The Hall–Kier alpha value is -1.97. The van der Waals surface area contributed by atoms with Crippen LogP contribution in [-0.2, 0) is 10.2 Å². The standard InChI is InChI=1S/C21H23Br2N3O3S/c1-12-9-15(22)10-16(23)18(12)29-11-17(27)24-20(30)26-25-19(28)13-5-7-14(8-6-13)21(2,3)4/h5-10H,11H2,1-4H3,(H,25,28)(H2,24,26,27,30). The van der Waals surface area contributed by atoms with Crippen LogP contribution in [0, 0.1) is 6.92 Å². The fraction of sp³-hybridized carbons (Fsp3) is 0.286. The first-order valence-corrected chi connectivity index (χ1v) is 11.1. The van der Waals surface area contributed by atoms with Gasteiger partial charge in [-0.1, -0.05) is 48.8 Å². The molecule has 3 N–H and O–H groups in total. The van der Waals surface area contributed by atoms with Crippen molar-refractivity contribution < 1.29 is 14.3 Å². The summed E-state index contributed by atoms with van der Waals surface area (Å²) in [5.41, 5.74) is 7.45. The number of thiocarbonyl (C=S) groups is 1. The third-order valence-electron chi connectivity index (χ3n) is 4.10. The lowest BCUT2D eigenvalue weighted by atomic mass is 9.87. The van der Waals surface area contributed by atoms with E-state index in [1.807, 2.05) is 31.2 Å². The Bertz CT molecular complexity index is 934. The zero-order valence-electron chi connectivity index (χ0n) is 17.1. The van der Waals surface area contributed by atoms with Crippen LogP contribution in [0.5, 0.6) is 5.75 Å². The fourth-order valence-electron chi connectivity index (χ4n) is 2.51. The first kappa shape index (κ1) is 24.3. The number of hydrogen-bond donors (Lipinski definition) is 3. The van der Waals surface area contributed by atoms with Crippen molar-refractivity contribution in [2.75, 3.05) is 6.61 Å². The molecular formula is C21H23Br2N3O3S. The van der Waals surface area contributed by atoms with E-state index in [1.54, 1.807) is 12.1 Å². The summed E-state index contributed by atoms with van der Waals surface area (Å²) in [4.78, 5) is 24.3. The van der Waals surface area contributed by atoms with E-state index in [2.05, 4.69) is 68.8 Å². The molecule has 30 heavy (non-hydrogen) atoms. The molecule has 0 aliphatic heterocycles. The van der Waals surface area contributed by atoms with Crippen LogP contribution in [0.4, 0.5) is 0 Å². The molecular weight excluding hydrogens is 534 g/mol. The van der Waals surface area contributed by atoms with Crippen LogP contribution in [0.15, 0.2) is 45.3 Å². The van der Waals surface area contributed by atoms with Crippen molar-refractivity contribution >= 4 is 61.0 Å². The molecule has 0 aliphatic rings. The molecule has 2 rings (SSSR count). The topological polar surface area (TPSA) is 79.5 Å². The van der Waals surface area contributed by atoms with Crippen molar-refractivity contribution in [1.29, 1.82) is 0 Å². The van der Waals surface area contributed by atoms with Gasteiger partial charge in [0.05, 0.1) is 4.47 Å². The Morgan fingerprint density at radius 2 is 1.70 bits per heavy atom. The van der Waals surface area contributed by atoms with Gasteiger partial charge in [0.15, 0.2) is 11.7 Å². The molecule has 0 heterocycles. The summed E-state index contributed by atoms with van der Waals surface area (Å²) < 4.78 is 7.19. The van der Waals surface area contributed by atoms with Crippen LogP contribution in [-0.4, -0.2) is 23.5 Å². The predicted molar refractivity (Wildman–Crippen MR) is 129 cm³/mol. The van der Waals surface area contributed by atoms with Gasteiger partial charge >= 0.3 is 0 Å². The minimum Gasteiger partial charge on any atom is -0.482 e. The molecule has 0 saturated carbocycles. The number of halogens is 2. The van der Waals surface area contributed by atoms with Crippen LogP contribution in [0.25, 0.3) is 0 Å². The minimum atomic E-state index is -0.453. The Balaban J connectivity index is 1.81. The fourth-order valence-corrected chi connectivity index (χ4v) is 4.23. The SMILES string of the molecule is Cc1cc(Br)cc(Br)c1OCC(=O)NC(=S)NNC(=O)c1ccc(C(C)(C)C)cc1. The van der Waals surface area contributed by atoms with Crippen molar-refractivity contribution in [1.82, 2.24) is 16.2 Å². The maximum absolute atomic E-state index is 12.2. The molecule has 0 atom stereocenters. The summed E-state index contributed by atoms with van der Waals surface area (Å²) in [5.74, 6) is -0.248. The van der Waals surface area contributed by atoms with Crippen LogP contribution >= 0.6 is 44.1 Å². The van der Waals surface area contributed by atoms with E-state index in [0.29, 0.717) is 11.3 Å². The van der Waals surface area contributed by atoms with E-state index in [0.717, 1.165) is 20.1 Å². The van der Waals surface area contributed by atoms with Crippen molar-refractivity contribution in [3.05, 3.63) is 62.0 Å². The number of carbonyl (C=O) groups is 2. The maximum Gasteiger partial charge on any atom is 0.269 e. The van der Waals surface area contributed by atoms with Gasteiger partial charge in [0.1, 0.15) is 5.75 Å². The lowest BCUT2D eigenvalue weighted by molar-refractivity contribution is -0.121. The molecule has 9 heteroatoms. The first-order chi connectivity index (χ1) is 14.0. The third-order valence-corrected chi connectivity index (χ3v) is 5.35. The average Bonchev–Trinajstić information content (AvgIpc) is 2.64. The first-order valence-electron chi connectivity index (χ1n) is 9.06. The molecule has 0 radical (unpaired) electrons. The second-order valence-electron chi connectivity index (χ2n) is 7.61. The number of benzene rings is 2. The summed E-state index contributed by atoms with van der Waals surface area (Å²) in [5, 5.41) is 2.42. The molecule has 0 spiro atoms. The van der Waals surface area contributed by atoms with E-state index in [4.69, 9.17) is 17.0 Å². The van der Waals surface area contributed by atoms with Crippen molar-refractivity contribution in [3.63, 3.8) is 0 Å². The highest BCUT2D eigenvalue weighted by molar-refractivity contribution is 9.11. The molecule has 0 aliphatic carbocycles. The number of amides is 2. The monoisotopic (exact) mass is 555 g/mol. The molecule has 6 nitrogen and oxygen atoms in total. The highest BCUT2D eigenvalue weighted by Gasteiger charge is 2.15. The van der Waals surface area contributed by atoms with E-state index in [1.165, 1.54) is 0 Å². The normalized spacial score (nSPS) is 10.9. The number of carbonyl (C=O) groups excluding carboxylic acids is 2. The predicted octanol–water partition coefficient (Wildman–Crippen LogP) is 4.53. The number of ether oxygens (including phenoxy) is 1. The molecule has 0 bridgehead atoms. The molecule has 0 saturated heterocycles. The largest absolute Gasteiger partial charge is 0.482 e. The summed E-state index contributed by atoms with van der Waals surface area (Å²) in [6, 6.07) is 11.0. The Labute approximate surface area is 198 Å². The maximum atomic E-state index is 12.2. The van der Waals surface area contributed by atoms with Gasteiger partial charge in [-0.2, -0.15) is 0 Å². The molecule has 160 valence electrons. The molecule has 0 unspecified atom stereocenters. The quantitative estimate of drug-likeness (QED) is 0.381. The Morgan fingerprint density at radius 1 is 1.07 bits per heavy atom. The summed E-state index contributed by atoms with van der Waals surface area (Å²) >= 11 is 11.8. The number of rotatable bonds is 4. The summed E-state index contributed by atoms with van der Waals surface area (Å²) in [6.45, 7) is 7.95. The highest BCUT2D eigenvalue weighted by Crippen LogP contribution is 2.32. The van der Waals surface area contributed by atoms with Gasteiger partial charge in [0, 0.05) is 10.0 Å². The van der Waals surface area contributed by atoms with Gasteiger partial charge in [-0.15, -0.1) is 0 Å². The van der Waals surface area contributed by atoms with Crippen LogP contribution in [0.3, 0.4) is 0 Å². The number of aryl methyl sites for hydroxylation is 1. The molecule has 2 amide bonds. The molecule has 0 fully saturated rings. The van der Waals surface area contributed by atoms with E-state index in [-0.39, 0.29) is 23.0 Å². The molecule has 2 aromatic rings. The van der Waals surface area contributed by atoms with Gasteiger partial charge in [0.2, 0.25) is 0 Å². The number of hydrogen-bond acceptors (Lipinski definition) is 4. The second-order valence-corrected chi connectivity index (χ2v) is 9.78. The highest BCUT2D eigenvalue weighted by atomic mass is 79.9. The van der Waals surface area contributed by atoms with E-state index >= 15 is 0 Å². The minimum absolute atomic E-state index is 0.00550. The Kier molecular flexibility index (Phi) is 8.40.